The topological polar surface area (TPSA) is 65.6 Å². The number of aromatic amines is 1. The molecule has 6 nitrogen and oxygen atoms in total. The van der Waals surface area contributed by atoms with Crippen LogP contribution in [0.25, 0.3) is 10.9 Å². The van der Waals surface area contributed by atoms with E-state index in [4.69, 9.17) is 27.9 Å². The molecule has 0 unspecified atom stereocenters. The molecule has 3 rings (SSSR count). The van der Waals surface area contributed by atoms with Gasteiger partial charge in [-0.15, -0.1) is 0 Å². The number of rotatable bonds is 11. The van der Waals surface area contributed by atoms with Gasteiger partial charge in [-0.3, -0.25) is 9.59 Å². The fourth-order valence-corrected chi connectivity index (χ4v) is 4.45. The number of carbonyl (C=O) groups is 2. The summed E-state index contributed by atoms with van der Waals surface area (Å²) < 4.78 is 5.17. The fraction of sp³-hybridized carbons (Fsp3) is 0.429. The molecule has 0 aliphatic carbocycles. The fourth-order valence-electron chi connectivity index (χ4n) is 4.13. The number of amides is 2. The van der Waals surface area contributed by atoms with Crippen molar-refractivity contribution in [1.29, 1.82) is 0 Å². The lowest BCUT2D eigenvalue weighted by atomic mass is 9.94. The summed E-state index contributed by atoms with van der Waals surface area (Å²) in [6.07, 6.45) is 3.33. The molecule has 0 bridgehead atoms. The number of methoxy groups -OCH3 is 1. The van der Waals surface area contributed by atoms with Gasteiger partial charge in [0, 0.05) is 55.9 Å². The minimum atomic E-state index is -0.591. The molecule has 3 aromatic rings. The first-order chi connectivity index (χ1) is 17.1. The van der Waals surface area contributed by atoms with Gasteiger partial charge in [0.1, 0.15) is 0 Å². The molecule has 0 saturated heterocycles. The number of para-hydroxylation sites is 1. The van der Waals surface area contributed by atoms with E-state index in [1.54, 1.807) is 29.0 Å². The lowest BCUT2D eigenvalue weighted by Gasteiger charge is -2.32. The van der Waals surface area contributed by atoms with E-state index in [0.29, 0.717) is 49.1 Å². The highest BCUT2D eigenvalue weighted by atomic mass is 35.5. The highest BCUT2D eigenvalue weighted by Gasteiger charge is 2.29. The Hall–Kier alpha value is -2.54. The summed E-state index contributed by atoms with van der Waals surface area (Å²) in [6.45, 7) is 7.46. The molecule has 0 spiro atoms. The number of nitrogens with one attached hydrogen (secondary N) is 1. The van der Waals surface area contributed by atoms with Gasteiger partial charge in [-0.05, 0) is 42.2 Å². The summed E-state index contributed by atoms with van der Waals surface area (Å²) in [5, 5.41) is 2.06. The van der Waals surface area contributed by atoms with Crippen molar-refractivity contribution < 1.29 is 14.3 Å². The summed E-state index contributed by atoms with van der Waals surface area (Å²) in [6, 6.07) is 13.5. The number of benzene rings is 2. The van der Waals surface area contributed by atoms with Crippen molar-refractivity contribution in [2.75, 3.05) is 33.4 Å². The maximum absolute atomic E-state index is 13.6. The van der Waals surface area contributed by atoms with Crippen LogP contribution in [0, 0.1) is 5.41 Å². The number of hydrogen-bond acceptors (Lipinski definition) is 3. The summed E-state index contributed by atoms with van der Waals surface area (Å²) >= 11 is 12.3. The van der Waals surface area contributed by atoms with Crippen LogP contribution in [0.4, 0.5) is 0 Å². The van der Waals surface area contributed by atoms with Crippen LogP contribution in [0.3, 0.4) is 0 Å². The highest BCUT2D eigenvalue weighted by Crippen LogP contribution is 2.24. The van der Waals surface area contributed by atoms with Crippen molar-refractivity contribution in [2.24, 2.45) is 5.41 Å². The molecule has 0 atom stereocenters. The van der Waals surface area contributed by atoms with Crippen molar-refractivity contribution in [3.63, 3.8) is 0 Å². The molecule has 1 N–H and O–H groups in total. The van der Waals surface area contributed by atoms with Crippen LogP contribution >= 0.6 is 23.2 Å². The van der Waals surface area contributed by atoms with Gasteiger partial charge < -0.3 is 19.5 Å². The normalized spacial score (nSPS) is 11.6. The van der Waals surface area contributed by atoms with E-state index in [2.05, 4.69) is 11.1 Å². The summed E-state index contributed by atoms with van der Waals surface area (Å²) in [7, 11) is 1.63. The summed E-state index contributed by atoms with van der Waals surface area (Å²) in [5.74, 6) is -0.172. The first-order valence-corrected chi connectivity index (χ1v) is 12.9. The predicted molar refractivity (Wildman–Crippen MR) is 146 cm³/mol. The van der Waals surface area contributed by atoms with Crippen LogP contribution in [0.15, 0.2) is 48.7 Å². The molecule has 8 heteroatoms. The van der Waals surface area contributed by atoms with E-state index in [1.807, 2.05) is 51.2 Å². The number of ether oxygens (including phenoxy) is 1. The maximum Gasteiger partial charge on any atom is 0.242 e. The lowest BCUT2D eigenvalue weighted by Crippen LogP contribution is -2.47. The number of nitrogens with zero attached hydrogens (tertiary/aromatic N) is 2. The average molecular weight is 533 g/mol. The van der Waals surface area contributed by atoms with Gasteiger partial charge in [0.15, 0.2) is 0 Å². The average Bonchev–Trinajstić information content (AvgIpc) is 3.25. The van der Waals surface area contributed by atoms with Gasteiger partial charge in [0.05, 0.1) is 16.6 Å². The Morgan fingerprint density at radius 2 is 1.75 bits per heavy atom. The molecule has 0 aliphatic rings. The monoisotopic (exact) mass is 531 g/mol. The second-order valence-corrected chi connectivity index (χ2v) is 10.8. The van der Waals surface area contributed by atoms with Crippen LogP contribution in [-0.4, -0.2) is 59.9 Å². The molecule has 0 saturated carbocycles. The van der Waals surface area contributed by atoms with E-state index in [1.165, 1.54) is 0 Å². The van der Waals surface area contributed by atoms with Crippen molar-refractivity contribution in [1.82, 2.24) is 14.8 Å². The Balaban J connectivity index is 1.82. The quantitative estimate of drug-likeness (QED) is 0.310. The van der Waals surface area contributed by atoms with E-state index < -0.39 is 5.41 Å². The zero-order valence-corrected chi connectivity index (χ0v) is 23.0. The number of hydrogen-bond donors (Lipinski definition) is 1. The summed E-state index contributed by atoms with van der Waals surface area (Å²) in [5.41, 5.74) is 2.49. The van der Waals surface area contributed by atoms with E-state index in [9.17, 15) is 9.59 Å². The first-order valence-electron chi connectivity index (χ1n) is 12.1. The SMILES string of the molecule is COCCCN(CC(=O)N(CCc1c[nH]c2ccccc12)Cc1ccc(Cl)c(Cl)c1)C(=O)C(C)(C)C. The van der Waals surface area contributed by atoms with Gasteiger partial charge in [0.25, 0.3) is 0 Å². The number of fused-ring (bicyclic) bond motifs is 1. The molecule has 36 heavy (non-hydrogen) atoms. The van der Waals surface area contributed by atoms with Gasteiger partial charge >= 0.3 is 0 Å². The zero-order chi connectivity index (χ0) is 26.3. The Bertz CT molecular complexity index is 1190. The largest absolute Gasteiger partial charge is 0.385 e. The second kappa shape index (κ2) is 12.6. The minimum absolute atomic E-state index is 0.00895. The smallest absolute Gasteiger partial charge is 0.242 e. The minimum Gasteiger partial charge on any atom is -0.385 e. The van der Waals surface area contributed by atoms with Gasteiger partial charge in [-0.1, -0.05) is 68.2 Å². The van der Waals surface area contributed by atoms with Crippen molar-refractivity contribution in [3.8, 4) is 0 Å². The second-order valence-electron chi connectivity index (χ2n) is 10.00. The Morgan fingerprint density at radius 3 is 2.44 bits per heavy atom. The molecular weight excluding hydrogens is 497 g/mol. The third kappa shape index (κ3) is 7.48. The van der Waals surface area contributed by atoms with E-state index in [0.717, 1.165) is 22.0 Å². The molecule has 0 aliphatic heterocycles. The van der Waals surface area contributed by atoms with Crippen molar-refractivity contribution >= 4 is 45.9 Å². The Labute approximate surface area is 223 Å². The van der Waals surface area contributed by atoms with E-state index in [-0.39, 0.29) is 18.4 Å². The molecule has 1 heterocycles. The predicted octanol–water partition coefficient (Wildman–Crippen LogP) is 5.96. The van der Waals surface area contributed by atoms with Gasteiger partial charge in [-0.25, -0.2) is 0 Å². The molecule has 2 aromatic carbocycles. The Morgan fingerprint density at radius 1 is 1.00 bits per heavy atom. The third-order valence-corrected chi connectivity index (χ3v) is 6.81. The Kier molecular flexibility index (Phi) is 9.83. The van der Waals surface area contributed by atoms with Crippen LogP contribution < -0.4 is 0 Å². The number of H-pyrrole nitrogens is 1. The summed E-state index contributed by atoms with van der Waals surface area (Å²) in [4.78, 5) is 33.5. The van der Waals surface area contributed by atoms with Crippen LogP contribution in [0.2, 0.25) is 10.0 Å². The molecule has 194 valence electrons. The molecule has 0 fully saturated rings. The molecule has 1 aromatic heterocycles. The van der Waals surface area contributed by atoms with E-state index >= 15 is 0 Å². The number of carbonyl (C=O) groups excluding carboxylic acids is 2. The first kappa shape index (κ1) is 28.0. The number of halogens is 2. The van der Waals surface area contributed by atoms with Gasteiger partial charge in [0.2, 0.25) is 11.8 Å². The maximum atomic E-state index is 13.6. The third-order valence-electron chi connectivity index (χ3n) is 6.07. The van der Waals surface area contributed by atoms with Crippen LogP contribution in [0.5, 0.6) is 0 Å². The van der Waals surface area contributed by atoms with Crippen LogP contribution in [-0.2, 0) is 27.3 Å². The standard InChI is InChI=1S/C28H35Cl2N3O3/c1-28(2,3)27(35)33(13-7-15-36-4)19-26(34)32(18-20-10-11-23(29)24(30)16-20)14-12-21-17-31-25-9-6-5-8-22(21)25/h5-6,8-11,16-17,31H,7,12-15,18-19H2,1-4H3. The molecule has 0 radical (unpaired) electrons. The lowest BCUT2D eigenvalue weighted by molar-refractivity contribution is -0.146. The molecular formula is C28H35Cl2N3O3. The highest BCUT2D eigenvalue weighted by molar-refractivity contribution is 6.42. The van der Waals surface area contributed by atoms with Crippen molar-refractivity contribution in [2.45, 2.75) is 40.2 Å². The van der Waals surface area contributed by atoms with Crippen LogP contribution in [0.1, 0.15) is 38.3 Å². The van der Waals surface area contributed by atoms with Crippen molar-refractivity contribution in [3.05, 3.63) is 69.8 Å². The van der Waals surface area contributed by atoms with Gasteiger partial charge in [-0.2, -0.15) is 0 Å². The zero-order valence-electron chi connectivity index (χ0n) is 21.4. The molecule has 2 amide bonds. The number of aromatic nitrogens is 1.